The molecule has 1 aromatic heterocycles. The van der Waals surface area contributed by atoms with Crippen LogP contribution in [0.5, 0.6) is 0 Å². The third-order valence-corrected chi connectivity index (χ3v) is 5.19. The molecule has 1 amide bonds. The molecule has 1 fully saturated rings. The zero-order valence-electron chi connectivity index (χ0n) is 15.7. The first-order valence-electron chi connectivity index (χ1n) is 8.88. The Morgan fingerprint density at radius 1 is 1.31 bits per heavy atom. The summed E-state index contributed by atoms with van der Waals surface area (Å²) in [6.07, 6.45) is 3.30. The summed E-state index contributed by atoms with van der Waals surface area (Å²) in [6, 6.07) is 4.34. The number of amides is 1. The van der Waals surface area contributed by atoms with Crippen molar-refractivity contribution in [3.05, 3.63) is 28.4 Å². The summed E-state index contributed by atoms with van der Waals surface area (Å²) in [4.78, 5) is 23.0. The van der Waals surface area contributed by atoms with Crippen molar-refractivity contribution in [2.75, 3.05) is 18.4 Å². The van der Waals surface area contributed by atoms with Crippen LogP contribution in [0.4, 0.5) is 10.7 Å². The molecular formula is C19H25BrN4O2. The number of halogens is 1. The molecule has 2 aromatic rings. The molecule has 1 aliphatic heterocycles. The van der Waals surface area contributed by atoms with Crippen molar-refractivity contribution in [2.45, 2.75) is 52.2 Å². The number of hydrogen-bond donors (Lipinski definition) is 1. The number of carbonyl (C=O) groups is 1. The van der Waals surface area contributed by atoms with E-state index in [1.807, 2.05) is 40.0 Å². The maximum Gasteiger partial charge on any atom is 0.410 e. The number of ether oxygens (including phenoxy) is 1. The van der Waals surface area contributed by atoms with E-state index in [4.69, 9.17) is 4.74 Å². The smallest absolute Gasteiger partial charge is 0.410 e. The van der Waals surface area contributed by atoms with Gasteiger partial charge in [-0.2, -0.15) is 0 Å². The second-order valence-corrected chi connectivity index (χ2v) is 8.59. The topological polar surface area (TPSA) is 67.4 Å². The first kappa shape index (κ1) is 18.9. The number of piperidine rings is 1. The Morgan fingerprint density at radius 3 is 2.65 bits per heavy atom. The minimum absolute atomic E-state index is 0.237. The molecular weight excluding hydrogens is 396 g/mol. The molecule has 0 unspecified atom stereocenters. The molecule has 0 aliphatic carbocycles. The van der Waals surface area contributed by atoms with E-state index in [0.29, 0.717) is 19.0 Å². The molecule has 1 saturated heterocycles. The van der Waals surface area contributed by atoms with Gasteiger partial charge >= 0.3 is 6.09 Å². The van der Waals surface area contributed by atoms with Crippen molar-refractivity contribution in [3.8, 4) is 0 Å². The van der Waals surface area contributed by atoms with E-state index < -0.39 is 5.60 Å². The molecule has 0 radical (unpaired) electrons. The van der Waals surface area contributed by atoms with Gasteiger partial charge in [-0.1, -0.05) is 15.9 Å². The molecule has 7 heteroatoms. The van der Waals surface area contributed by atoms with Gasteiger partial charge in [-0.05, 0) is 58.2 Å². The minimum atomic E-state index is -0.460. The van der Waals surface area contributed by atoms with E-state index in [2.05, 4.69) is 37.3 Å². The van der Waals surface area contributed by atoms with Crippen molar-refractivity contribution >= 4 is 38.9 Å². The average Bonchev–Trinajstić information content (AvgIpc) is 2.55. The monoisotopic (exact) mass is 420 g/mol. The van der Waals surface area contributed by atoms with Crippen molar-refractivity contribution in [3.63, 3.8) is 0 Å². The maximum absolute atomic E-state index is 12.1. The molecule has 3 rings (SSSR count). The normalized spacial score (nSPS) is 16.0. The molecule has 6 nitrogen and oxygen atoms in total. The zero-order valence-corrected chi connectivity index (χ0v) is 17.3. The largest absolute Gasteiger partial charge is 0.444 e. The Labute approximate surface area is 162 Å². The Bertz CT molecular complexity index is 811. The molecule has 0 atom stereocenters. The van der Waals surface area contributed by atoms with Crippen molar-refractivity contribution in [2.24, 2.45) is 0 Å². The van der Waals surface area contributed by atoms with Crippen molar-refractivity contribution in [1.29, 1.82) is 0 Å². The predicted octanol–water partition coefficient (Wildman–Crippen LogP) is 4.51. The average molecular weight is 421 g/mol. The SMILES string of the molecule is Cc1cc2nc(NC3CCN(C(=O)OC(C)(C)C)CC3)ncc2cc1Br. The highest BCUT2D eigenvalue weighted by Crippen LogP contribution is 2.24. The third kappa shape index (κ3) is 4.63. The standard InChI is InChI=1S/C19H25BrN4O2/c1-12-9-16-13(10-15(12)20)11-21-17(23-16)22-14-5-7-24(8-6-14)18(25)26-19(2,3)4/h9-11,14H,5-8H2,1-4H3,(H,21,22,23). The number of rotatable bonds is 2. The van der Waals surface area contributed by atoms with Gasteiger partial charge in [0, 0.05) is 35.2 Å². The van der Waals surface area contributed by atoms with Gasteiger partial charge in [0.2, 0.25) is 5.95 Å². The molecule has 2 heterocycles. The highest BCUT2D eigenvalue weighted by atomic mass is 79.9. The third-order valence-electron chi connectivity index (χ3n) is 4.34. The number of benzene rings is 1. The summed E-state index contributed by atoms with van der Waals surface area (Å²) < 4.78 is 6.50. The van der Waals surface area contributed by atoms with Gasteiger partial charge < -0.3 is 15.0 Å². The molecule has 0 spiro atoms. The summed E-state index contributed by atoms with van der Waals surface area (Å²) in [5, 5.41) is 4.41. The lowest BCUT2D eigenvalue weighted by Crippen LogP contribution is -2.44. The summed E-state index contributed by atoms with van der Waals surface area (Å²) >= 11 is 3.54. The molecule has 1 N–H and O–H groups in total. The van der Waals surface area contributed by atoms with Crippen LogP contribution in [0.15, 0.2) is 22.8 Å². The number of anilines is 1. The van der Waals surface area contributed by atoms with Crippen LogP contribution in [-0.4, -0.2) is 45.7 Å². The molecule has 26 heavy (non-hydrogen) atoms. The van der Waals surface area contributed by atoms with Gasteiger partial charge in [-0.3, -0.25) is 0 Å². The van der Waals surface area contributed by atoms with Crippen LogP contribution < -0.4 is 5.32 Å². The highest BCUT2D eigenvalue weighted by Gasteiger charge is 2.27. The van der Waals surface area contributed by atoms with Crippen molar-refractivity contribution in [1.82, 2.24) is 14.9 Å². The van der Waals surface area contributed by atoms with Gasteiger partial charge in [0.1, 0.15) is 5.60 Å². The highest BCUT2D eigenvalue weighted by molar-refractivity contribution is 9.10. The van der Waals surface area contributed by atoms with Gasteiger partial charge in [0.25, 0.3) is 0 Å². The molecule has 0 saturated carbocycles. The van der Waals surface area contributed by atoms with Crippen LogP contribution in [0.2, 0.25) is 0 Å². The Kier molecular flexibility index (Phi) is 5.37. The van der Waals surface area contributed by atoms with E-state index in [1.165, 1.54) is 0 Å². The lowest BCUT2D eigenvalue weighted by Gasteiger charge is -2.33. The fourth-order valence-electron chi connectivity index (χ4n) is 2.94. The van der Waals surface area contributed by atoms with Crippen LogP contribution in [-0.2, 0) is 4.74 Å². The number of hydrogen-bond acceptors (Lipinski definition) is 5. The minimum Gasteiger partial charge on any atom is -0.444 e. The second-order valence-electron chi connectivity index (χ2n) is 7.74. The fourth-order valence-corrected chi connectivity index (χ4v) is 3.30. The first-order valence-corrected chi connectivity index (χ1v) is 9.68. The van der Waals surface area contributed by atoms with Crippen molar-refractivity contribution < 1.29 is 9.53 Å². The first-order chi connectivity index (χ1) is 12.2. The van der Waals surface area contributed by atoms with Crippen LogP contribution >= 0.6 is 15.9 Å². The van der Waals surface area contributed by atoms with E-state index in [0.717, 1.165) is 33.8 Å². The van der Waals surface area contributed by atoms with E-state index in [-0.39, 0.29) is 12.1 Å². The van der Waals surface area contributed by atoms with Gasteiger partial charge in [0.05, 0.1) is 5.52 Å². The number of carbonyl (C=O) groups excluding carboxylic acids is 1. The summed E-state index contributed by atoms with van der Waals surface area (Å²) in [5.41, 5.74) is 1.61. The quantitative estimate of drug-likeness (QED) is 0.773. The number of nitrogens with zero attached hydrogens (tertiary/aromatic N) is 3. The number of fused-ring (bicyclic) bond motifs is 1. The maximum atomic E-state index is 12.1. The van der Waals surface area contributed by atoms with Crippen LogP contribution in [0.3, 0.4) is 0 Å². The summed E-state index contributed by atoms with van der Waals surface area (Å²) in [6.45, 7) is 9.05. The Morgan fingerprint density at radius 2 is 2.00 bits per heavy atom. The van der Waals surface area contributed by atoms with E-state index in [1.54, 1.807) is 4.90 Å². The molecule has 1 aromatic carbocycles. The fraction of sp³-hybridized carbons (Fsp3) is 0.526. The lowest BCUT2D eigenvalue weighted by atomic mass is 10.1. The molecule has 0 bridgehead atoms. The number of likely N-dealkylation sites (tertiary alicyclic amines) is 1. The summed E-state index contributed by atoms with van der Waals surface area (Å²) in [7, 11) is 0. The number of aryl methyl sites for hydroxylation is 1. The van der Waals surface area contributed by atoms with Gasteiger partial charge in [-0.25, -0.2) is 14.8 Å². The second kappa shape index (κ2) is 7.39. The Hall–Kier alpha value is -1.89. The van der Waals surface area contributed by atoms with Crippen LogP contribution in [0.25, 0.3) is 10.9 Å². The Balaban J connectivity index is 1.60. The van der Waals surface area contributed by atoms with Crippen LogP contribution in [0, 0.1) is 6.92 Å². The predicted molar refractivity (Wildman–Crippen MR) is 106 cm³/mol. The van der Waals surface area contributed by atoms with Gasteiger partial charge in [-0.15, -0.1) is 0 Å². The number of aromatic nitrogens is 2. The van der Waals surface area contributed by atoms with E-state index >= 15 is 0 Å². The van der Waals surface area contributed by atoms with Gasteiger partial charge in [0.15, 0.2) is 0 Å². The lowest BCUT2D eigenvalue weighted by molar-refractivity contribution is 0.0210. The van der Waals surface area contributed by atoms with E-state index in [9.17, 15) is 4.79 Å². The summed E-state index contributed by atoms with van der Waals surface area (Å²) in [5.74, 6) is 0.634. The zero-order chi connectivity index (χ0) is 18.9. The van der Waals surface area contributed by atoms with Crippen LogP contribution in [0.1, 0.15) is 39.2 Å². The number of nitrogens with one attached hydrogen (secondary N) is 1. The molecule has 140 valence electrons. The molecule has 1 aliphatic rings.